The van der Waals surface area contributed by atoms with Crippen LogP contribution in [0, 0.1) is 0 Å². The number of imidazole rings is 1. The summed E-state index contributed by atoms with van der Waals surface area (Å²) < 4.78 is 2.08. The number of nitrogens with two attached hydrogens (primary N) is 1. The number of anilines is 1. The number of phenols is 1. The number of nitrogens with zero attached hydrogens (tertiary/aromatic N) is 2. The molecule has 1 saturated carbocycles. The minimum atomic E-state index is 0.261. The number of phenolic OH excluding ortho intramolecular Hbond substituents is 1. The maximum atomic E-state index is 9.52. The lowest BCUT2D eigenvalue weighted by Gasteiger charge is -2.28. The van der Waals surface area contributed by atoms with E-state index in [9.17, 15) is 5.11 Å². The number of hydrogen-bond donors (Lipinski definition) is 3. The minimum Gasteiger partial charge on any atom is -0.508 e. The molecule has 0 radical (unpaired) electrons. The molecule has 2 aromatic rings. The van der Waals surface area contributed by atoms with Crippen molar-refractivity contribution < 1.29 is 5.11 Å². The molecule has 3 rings (SSSR count). The molecule has 84 valence electrons. The molecule has 0 atom stereocenters. The highest BCUT2D eigenvalue weighted by molar-refractivity contribution is 5.80. The predicted octanol–water partition coefficient (Wildman–Crippen LogP) is 1.75. The Balaban J connectivity index is 2.23. The van der Waals surface area contributed by atoms with Crippen molar-refractivity contribution in [3.8, 4) is 5.75 Å². The summed E-state index contributed by atoms with van der Waals surface area (Å²) in [6.07, 6.45) is 3.54. The van der Waals surface area contributed by atoms with Gasteiger partial charge in [-0.3, -0.25) is 5.43 Å². The number of benzene rings is 1. The number of nitrogen functional groups attached to an aromatic ring is 1. The Hall–Kier alpha value is -1.75. The molecule has 0 aliphatic heterocycles. The monoisotopic (exact) mass is 218 g/mol. The molecular weight excluding hydrogens is 204 g/mol. The van der Waals surface area contributed by atoms with Crippen LogP contribution in [-0.4, -0.2) is 14.7 Å². The Kier molecular flexibility index (Phi) is 2.00. The van der Waals surface area contributed by atoms with Crippen molar-refractivity contribution in [2.45, 2.75) is 25.3 Å². The van der Waals surface area contributed by atoms with Crippen molar-refractivity contribution in [2.24, 2.45) is 5.84 Å². The molecule has 0 unspecified atom stereocenters. The van der Waals surface area contributed by atoms with Crippen molar-refractivity contribution in [3.05, 3.63) is 18.2 Å². The van der Waals surface area contributed by atoms with Gasteiger partial charge in [-0.2, -0.15) is 0 Å². The van der Waals surface area contributed by atoms with Gasteiger partial charge in [-0.15, -0.1) is 0 Å². The highest BCUT2D eigenvalue weighted by Gasteiger charge is 2.24. The van der Waals surface area contributed by atoms with Crippen molar-refractivity contribution in [1.29, 1.82) is 0 Å². The number of aromatic hydroxyl groups is 1. The first-order valence-corrected chi connectivity index (χ1v) is 5.47. The molecule has 0 saturated heterocycles. The zero-order valence-corrected chi connectivity index (χ0v) is 8.85. The van der Waals surface area contributed by atoms with Crippen LogP contribution in [0.3, 0.4) is 0 Å². The molecule has 0 bridgehead atoms. The van der Waals surface area contributed by atoms with Crippen LogP contribution >= 0.6 is 0 Å². The third-order valence-electron chi connectivity index (χ3n) is 3.24. The third kappa shape index (κ3) is 1.25. The summed E-state index contributed by atoms with van der Waals surface area (Å²) in [5, 5.41) is 9.52. The Morgan fingerprint density at radius 2 is 2.25 bits per heavy atom. The van der Waals surface area contributed by atoms with E-state index in [-0.39, 0.29) is 5.75 Å². The summed E-state index contributed by atoms with van der Waals surface area (Å²) in [7, 11) is 0. The number of nitrogens with one attached hydrogen (secondary N) is 1. The maximum Gasteiger partial charge on any atom is 0.218 e. The van der Waals surface area contributed by atoms with Crippen molar-refractivity contribution in [2.75, 3.05) is 5.43 Å². The van der Waals surface area contributed by atoms with Crippen molar-refractivity contribution >= 4 is 17.0 Å². The Labute approximate surface area is 92.9 Å². The second kappa shape index (κ2) is 3.38. The third-order valence-corrected chi connectivity index (χ3v) is 3.24. The molecule has 1 aromatic carbocycles. The van der Waals surface area contributed by atoms with Gasteiger partial charge in [0.05, 0.1) is 11.0 Å². The fourth-order valence-electron chi connectivity index (χ4n) is 2.20. The summed E-state index contributed by atoms with van der Waals surface area (Å²) in [4.78, 5) is 4.39. The first kappa shape index (κ1) is 9.47. The maximum absolute atomic E-state index is 9.52. The molecule has 0 amide bonds. The van der Waals surface area contributed by atoms with Crippen LogP contribution in [0.2, 0.25) is 0 Å². The summed E-state index contributed by atoms with van der Waals surface area (Å²) in [6.45, 7) is 0. The van der Waals surface area contributed by atoms with Gasteiger partial charge in [0.1, 0.15) is 5.75 Å². The second-order valence-electron chi connectivity index (χ2n) is 4.21. The molecule has 5 nitrogen and oxygen atoms in total. The van der Waals surface area contributed by atoms with Crippen LogP contribution in [-0.2, 0) is 0 Å². The molecule has 5 heteroatoms. The minimum absolute atomic E-state index is 0.261. The average Bonchev–Trinajstić information content (AvgIpc) is 2.55. The van der Waals surface area contributed by atoms with Gasteiger partial charge in [-0.25, -0.2) is 10.8 Å². The van der Waals surface area contributed by atoms with Crippen LogP contribution in [0.5, 0.6) is 5.75 Å². The van der Waals surface area contributed by atoms with Crippen LogP contribution in [0.4, 0.5) is 5.95 Å². The van der Waals surface area contributed by atoms with Gasteiger partial charge in [0.25, 0.3) is 0 Å². The fraction of sp³-hybridized carbons (Fsp3) is 0.364. The molecule has 4 N–H and O–H groups in total. The molecule has 1 aromatic heterocycles. The van der Waals surface area contributed by atoms with Crippen molar-refractivity contribution in [3.63, 3.8) is 0 Å². The Morgan fingerprint density at radius 3 is 2.88 bits per heavy atom. The normalized spacial score (nSPS) is 16.3. The molecule has 1 fully saturated rings. The summed E-state index contributed by atoms with van der Waals surface area (Å²) in [5.74, 6) is 6.41. The number of rotatable bonds is 2. The SMILES string of the molecule is NNc1nc2ccc(O)cc2n1C1CCC1. The highest BCUT2D eigenvalue weighted by atomic mass is 16.3. The van der Waals surface area contributed by atoms with Gasteiger partial charge in [0.2, 0.25) is 5.95 Å². The zero-order valence-electron chi connectivity index (χ0n) is 8.85. The molecule has 1 heterocycles. The second-order valence-corrected chi connectivity index (χ2v) is 4.21. The van der Waals surface area contributed by atoms with Crippen LogP contribution < -0.4 is 11.3 Å². The number of hydrazine groups is 1. The number of hydrogen-bond acceptors (Lipinski definition) is 4. The predicted molar refractivity (Wildman–Crippen MR) is 62.1 cm³/mol. The van der Waals surface area contributed by atoms with E-state index in [2.05, 4.69) is 15.0 Å². The first-order chi connectivity index (χ1) is 7.79. The smallest absolute Gasteiger partial charge is 0.218 e. The lowest BCUT2D eigenvalue weighted by atomic mass is 9.93. The van der Waals surface area contributed by atoms with Gasteiger partial charge in [0, 0.05) is 12.1 Å². The molecular formula is C11H14N4O. The van der Waals surface area contributed by atoms with E-state index in [0.29, 0.717) is 12.0 Å². The van der Waals surface area contributed by atoms with E-state index in [1.165, 1.54) is 6.42 Å². The van der Waals surface area contributed by atoms with E-state index in [4.69, 9.17) is 5.84 Å². The topological polar surface area (TPSA) is 76.1 Å². The van der Waals surface area contributed by atoms with Gasteiger partial charge in [-0.1, -0.05) is 0 Å². The van der Waals surface area contributed by atoms with Gasteiger partial charge < -0.3 is 9.67 Å². The van der Waals surface area contributed by atoms with E-state index in [0.717, 1.165) is 23.9 Å². The summed E-state index contributed by atoms with van der Waals surface area (Å²) in [5.41, 5.74) is 4.43. The Bertz CT molecular complexity index is 530. The van der Waals surface area contributed by atoms with Crippen molar-refractivity contribution in [1.82, 2.24) is 9.55 Å². The van der Waals surface area contributed by atoms with E-state index in [1.54, 1.807) is 18.2 Å². The fourth-order valence-corrected chi connectivity index (χ4v) is 2.20. The standard InChI is InChI=1S/C11H14N4O/c12-14-11-13-9-5-4-8(16)6-10(9)15(11)7-2-1-3-7/h4-7,16H,1-3,12H2,(H,13,14). The zero-order chi connectivity index (χ0) is 11.1. The number of fused-ring (bicyclic) bond motifs is 1. The lowest BCUT2D eigenvalue weighted by molar-refractivity contribution is 0.323. The molecule has 1 aliphatic carbocycles. The van der Waals surface area contributed by atoms with E-state index >= 15 is 0 Å². The van der Waals surface area contributed by atoms with Crippen LogP contribution in [0.25, 0.3) is 11.0 Å². The molecule has 0 spiro atoms. The lowest BCUT2D eigenvalue weighted by Crippen LogP contribution is -2.21. The summed E-state index contributed by atoms with van der Waals surface area (Å²) >= 11 is 0. The van der Waals surface area contributed by atoms with E-state index in [1.807, 2.05) is 0 Å². The molecule has 1 aliphatic rings. The van der Waals surface area contributed by atoms with Gasteiger partial charge >= 0.3 is 0 Å². The van der Waals surface area contributed by atoms with Gasteiger partial charge in [0.15, 0.2) is 0 Å². The first-order valence-electron chi connectivity index (χ1n) is 5.47. The van der Waals surface area contributed by atoms with E-state index < -0.39 is 0 Å². The number of aromatic nitrogens is 2. The average molecular weight is 218 g/mol. The van der Waals surface area contributed by atoms with Crippen LogP contribution in [0.1, 0.15) is 25.3 Å². The van der Waals surface area contributed by atoms with Crippen LogP contribution in [0.15, 0.2) is 18.2 Å². The van der Waals surface area contributed by atoms with Gasteiger partial charge in [-0.05, 0) is 31.4 Å². The summed E-state index contributed by atoms with van der Waals surface area (Å²) in [6, 6.07) is 5.64. The quantitative estimate of drug-likeness (QED) is 0.530. The Morgan fingerprint density at radius 1 is 1.44 bits per heavy atom. The molecule has 16 heavy (non-hydrogen) atoms. The largest absolute Gasteiger partial charge is 0.508 e. The highest BCUT2D eigenvalue weighted by Crippen LogP contribution is 2.37.